The SMILES string of the molecule is CC(C)(C)[Si](C)(C)OCC1=C(Br)C(=O)[C@@H]2O[C@@H]2[C@@H]1O. The molecule has 0 bridgehead atoms. The number of aliphatic hydroxyl groups is 1. The number of ether oxygens (including phenoxy) is 1. The van der Waals surface area contributed by atoms with Crippen molar-refractivity contribution >= 4 is 30.0 Å². The highest BCUT2D eigenvalue weighted by Crippen LogP contribution is 2.41. The molecule has 1 saturated heterocycles. The van der Waals surface area contributed by atoms with Crippen molar-refractivity contribution in [2.45, 2.75) is 57.2 Å². The van der Waals surface area contributed by atoms with Gasteiger partial charge in [0.05, 0.1) is 11.1 Å². The molecule has 2 aliphatic rings. The van der Waals surface area contributed by atoms with Crippen LogP contribution in [0, 0.1) is 0 Å². The van der Waals surface area contributed by atoms with E-state index in [0.717, 1.165) is 0 Å². The van der Waals surface area contributed by atoms with Crippen LogP contribution in [0.25, 0.3) is 0 Å². The number of rotatable bonds is 3. The fraction of sp³-hybridized carbons (Fsp3) is 0.769. The number of hydrogen-bond donors (Lipinski definition) is 1. The van der Waals surface area contributed by atoms with Crippen molar-refractivity contribution in [3.8, 4) is 0 Å². The third-order valence-electron chi connectivity index (χ3n) is 4.35. The van der Waals surface area contributed by atoms with Gasteiger partial charge in [-0.05, 0) is 34.1 Å². The maximum Gasteiger partial charge on any atom is 0.201 e. The first-order chi connectivity index (χ1) is 8.56. The van der Waals surface area contributed by atoms with E-state index < -0.39 is 20.5 Å². The number of epoxide rings is 1. The Bertz CT molecular complexity index is 438. The van der Waals surface area contributed by atoms with E-state index in [0.29, 0.717) is 10.1 Å². The molecule has 1 heterocycles. The van der Waals surface area contributed by atoms with E-state index in [9.17, 15) is 9.90 Å². The number of Topliss-reactive ketones (excluding diaryl/α,β-unsaturated/α-hetero) is 1. The van der Waals surface area contributed by atoms with Gasteiger partial charge in [0, 0.05) is 5.57 Å². The molecule has 0 amide bonds. The Balaban J connectivity index is 2.11. The minimum absolute atomic E-state index is 0.0795. The van der Waals surface area contributed by atoms with Gasteiger partial charge in [0.1, 0.15) is 12.2 Å². The molecule has 2 rings (SSSR count). The zero-order valence-corrected chi connectivity index (χ0v) is 14.6. The van der Waals surface area contributed by atoms with E-state index >= 15 is 0 Å². The summed E-state index contributed by atoms with van der Waals surface area (Å²) in [5.41, 5.74) is 0.619. The van der Waals surface area contributed by atoms with Crippen LogP contribution in [0.3, 0.4) is 0 Å². The van der Waals surface area contributed by atoms with Gasteiger partial charge in [0.2, 0.25) is 5.78 Å². The largest absolute Gasteiger partial charge is 0.413 e. The molecule has 1 aliphatic heterocycles. The van der Waals surface area contributed by atoms with Gasteiger partial charge >= 0.3 is 0 Å². The van der Waals surface area contributed by atoms with Crippen LogP contribution < -0.4 is 0 Å². The second kappa shape index (κ2) is 4.77. The summed E-state index contributed by atoms with van der Waals surface area (Å²) in [4.78, 5) is 11.9. The van der Waals surface area contributed by atoms with Gasteiger partial charge in [-0.2, -0.15) is 0 Å². The molecule has 4 nitrogen and oxygen atoms in total. The normalized spacial score (nSPS) is 31.5. The van der Waals surface area contributed by atoms with Gasteiger partial charge in [-0.1, -0.05) is 20.8 Å². The topological polar surface area (TPSA) is 59.1 Å². The van der Waals surface area contributed by atoms with Crippen LogP contribution in [-0.2, 0) is 14.0 Å². The quantitative estimate of drug-likeness (QED) is 0.628. The highest BCUT2D eigenvalue weighted by atomic mass is 79.9. The summed E-state index contributed by atoms with van der Waals surface area (Å²) in [6.07, 6.45) is -1.56. The maximum atomic E-state index is 11.9. The predicted octanol–water partition coefficient (Wildman–Crippen LogP) is 2.37. The fourth-order valence-corrected chi connectivity index (χ4v) is 3.33. The zero-order valence-electron chi connectivity index (χ0n) is 12.0. The van der Waals surface area contributed by atoms with E-state index in [4.69, 9.17) is 9.16 Å². The molecular weight excluding hydrogens is 328 g/mol. The number of carbonyl (C=O) groups excluding carboxylic acids is 1. The first-order valence-corrected chi connectivity index (χ1v) is 10.2. The second-order valence-corrected chi connectivity index (χ2v) is 12.3. The van der Waals surface area contributed by atoms with E-state index in [1.165, 1.54) is 0 Å². The number of carbonyl (C=O) groups is 1. The van der Waals surface area contributed by atoms with Gasteiger partial charge < -0.3 is 14.3 Å². The summed E-state index contributed by atoms with van der Waals surface area (Å²) >= 11 is 3.27. The van der Waals surface area contributed by atoms with E-state index in [2.05, 4.69) is 49.8 Å². The van der Waals surface area contributed by atoms with Crippen molar-refractivity contribution in [2.75, 3.05) is 6.61 Å². The van der Waals surface area contributed by atoms with Crippen LogP contribution >= 0.6 is 15.9 Å². The van der Waals surface area contributed by atoms with Crippen LogP contribution in [0.15, 0.2) is 10.1 Å². The number of aliphatic hydroxyl groups excluding tert-OH is 1. The van der Waals surface area contributed by atoms with Crippen LogP contribution in [0.1, 0.15) is 20.8 Å². The van der Waals surface area contributed by atoms with Crippen LogP contribution in [0.5, 0.6) is 0 Å². The Morgan fingerprint density at radius 2 is 2.00 bits per heavy atom. The lowest BCUT2D eigenvalue weighted by Gasteiger charge is -2.37. The van der Waals surface area contributed by atoms with Gasteiger partial charge in [-0.3, -0.25) is 4.79 Å². The van der Waals surface area contributed by atoms with E-state index in [1.54, 1.807) is 0 Å². The molecular formula is C13H21BrO4Si. The average Bonchev–Trinajstić information content (AvgIpc) is 3.04. The van der Waals surface area contributed by atoms with Gasteiger partial charge in [0.15, 0.2) is 14.4 Å². The number of ketones is 1. The van der Waals surface area contributed by atoms with E-state index in [-0.39, 0.29) is 23.5 Å². The molecule has 0 saturated carbocycles. The molecule has 1 aliphatic carbocycles. The van der Waals surface area contributed by atoms with Gasteiger partial charge in [-0.25, -0.2) is 0 Å². The molecule has 1 N–H and O–H groups in total. The third kappa shape index (κ3) is 2.74. The summed E-state index contributed by atoms with van der Waals surface area (Å²) in [6, 6.07) is 0. The number of fused-ring (bicyclic) bond motifs is 1. The summed E-state index contributed by atoms with van der Waals surface area (Å²) in [5, 5.41) is 10.2. The molecule has 19 heavy (non-hydrogen) atoms. The second-order valence-electron chi connectivity index (χ2n) is 6.72. The molecule has 1 fully saturated rings. The molecule has 0 unspecified atom stereocenters. The highest BCUT2D eigenvalue weighted by molar-refractivity contribution is 9.12. The summed E-state index contributed by atoms with van der Waals surface area (Å²) in [7, 11) is -1.90. The summed E-state index contributed by atoms with van der Waals surface area (Å²) in [5.74, 6) is -0.0795. The Labute approximate surface area is 123 Å². The van der Waals surface area contributed by atoms with Crippen LogP contribution in [0.4, 0.5) is 0 Å². The smallest absolute Gasteiger partial charge is 0.201 e. The molecule has 108 valence electrons. The van der Waals surface area contributed by atoms with Crippen molar-refractivity contribution in [1.29, 1.82) is 0 Å². The molecule has 0 spiro atoms. The fourth-order valence-electron chi connectivity index (χ4n) is 1.81. The zero-order chi connectivity index (χ0) is 14.6. The van der Waals surface area contributed by atoms with Crippen LogP contribution in [0.2, 0.25) is 18.1 Å². The third-order valence-corrected chi connectivity index (χ3v) is 9.72. The summed E-state index contributed by atoms with van der Waals surface area (Å²) in [6.45, 7) is 11.1. The van der Waals surface area contributed by atoms with Crippen molar-refractivity contribution in [1.82, 2.24) is 0 Å². The van der Waals surface area contributed by atoms with Gasteiger partial charge in [0.25, 0.3) is 0 Å². The standard InChI is InChI=1S/C13H21BrO4Si/c1-13(2,3)19(4,5)17-6-7-8(14)10(16)12-11(18-12)9(7)15/h9,11-12,15H,6H2,1-5H3/t9-,11-,12+/m1/s1. The lowest BCUT2D eigenvalue weighted by molar-refractivity contribution is -0.116. The Morgan fingerprint density at radius 1 is 1.42 bits per heavy atom. The van der Waals surface area contributed by atoms with E-state index in [1.807, 2.05) is 0 Å². The molecule has 0 aromatic carbocycles. The van der Waals surface area contributed by atoms with Crippen molar-refractivity contribution in [3.05, 3.63) is 10.1 Å². The Kier molecular flexibility index (Phi) is 3.86. The monoisotopic (exact) mass is 348 g/mol. The average molecular weight is 349 g/mol. The molecule has 0 radical (unpaired) electrons. The first-order valence-electron chi connectivity index (χ1n) is 6.46. The van der Waals surface area contributed by atoms with Crippen molar-refractivity contribution < 1.29 is 19.1 Å². The summed E-state index contributed by atoms with van der Waals surface area (Å²) < 4.78 is 11.7. The maximum absolute atomic E-state index is 11.9. The molecule has 0 aromatic heterocycles. The lowest BCUT2D eigenvalue weighted by atomic mass is 9.96. The van der Waals surface area contributed by atoms with Crippen molar-refractivity contribution in [3.63, 3.8) is 0 Å². The molecule has 0 aromatic rings. The Hall–Kier alpha value is -0.0131. The Morgan fingerprint density at radius 3 is 2.53 bits per heavy atom. The predicted molar refractivity (Wildman–Crippen MR) is 78.8 cm³/mol. The first kappa shape index (κ1) is 15.4. The highest BCUT2D eigenvalue weighted by Gasteiger charge is 2.55. The molecule has 6 heteroatoms. The minimum Gasteiger partial charge on any atom is -0.413 e. The number of halogens is 1. The van der Waals surface area contributed by atoms with Gasteiger partial charge in [-0.15, -0.1) is 0 Å². The number of hydrogen-bond acceptors (Lipinski definition) is 4. The van der Waals surface area contributed by atoms with Crippen molar-refractivity contribution in [2.24, 2.45) is 0 Å². The molecule has 3 atom stereocenters. The lowest BCUT2D eigenvalue weighted by Crippen LogP contribution is -2.43. The van der Waals surface area contributed by atoms with Crippen LogP contribution in [-0.4, -0.2) is 44.1 Å². The minimum atomic E-state index is -1.90.